The molecule has 3 rings (SSSR count). The lowest BCUT2D eigenvalue weighted by Gasteiger charge is -2.16. The Kier molecular flexibility index (Phi) is 8.56. The maximum atomic E-state index is 13.6. The van der Waals surface area contributed by atoms with E-state index in [1.165, 1.54) is 12.1 Å². The van der Waals surface area contributed by atoms with Crippen LogP contribution in [0, 0.1) is 5.82 Å². The fraction of sp³-hybridized carbons (Fsp3) is 0.269. The third-order valence-electron chi connectivity index (χ3n) is 5.35. The first-order chi connectivity index (χ1) is 16.4. The number of aromatic nitrogens is 1. The van der Waals surface area contributed by atoms with E-state index >= 15 is 0 Å². The number of hydrogen-bond donors (Lipinski definition) is 3. The van der Waals surface area contributed by atoms with Crippen LogP contribution >= 0.6 is 0 Å². The number of carbonyl (C=O) groups excluding carboxylic acids is 1. The maximum absolute atomic E-state index is 13.6. The minimum atomic E-state index is -1.17. The highest BCUT2D eigenvalue weighted by Gasteiger charge is 2.22. The number of pyridine rings is 1. The third kappa shape index (κ3) is 6.78. The molecule has 0 saturated carbocycles. The zero-order valence-electron chi connectivity index (χ0n) is 19.2. The van der Waals surface area contributed by atoms with Gasteiger partial charge < -0.3 is 20.5 Å². The topological polar surface area (TPSA) is 101 Å². The molecule has 8 heteroatoms. The summed E-state index contributed by atoms with van der Waals surface area (Å²) in [4.78, 5) is 28.8. The van der Waals surface area contributed by atoms with E-state index < -0.39 is 23.7 Å². The number of nitrogens with zero attached hydrogens (tertiary/aromatic N) is 1. The third-order valence-corrected chi connectivity index (χ3v) is 5.35. The van der Waals surface area contributed by atoms with Gasteiger partial charge in [-0.25, -0.2) is 14.2 Å². The number of carboxylic acids is 1. The molecule has 178 valence electrons. The molecule has 0 bridgehead atoms. The van der Waals surface area contributed by atoms with Gasteiger partial charge >= 0.3 is 5.97 Å². The van der Waals surface area contributed by atoms with E-state index in [-0.39, 0.29) is 12.0 Å². The summed E-state index contributed by atoms with van der Waals surface area (Å²) < 4.78 is 19.4. The van der Waals surface area contributed by atoms with Crippen molar-refractivity contribution in [2.24, 2.45) is 0 Å². The zero-order chi connectivity index (χ0) is 24.5. The summed E-state index contributed by atoms with van der Waals surface area (Å²) in [6.45, 7) is 2.29. The second kappa shape index (κ2) is 11.8. The Hall–Kier alpha value is -3.94. The monoisotopic (exact) mass is 465 g/mol. The smallest absolute Gasteiger partial charge is 0.326 e. The number of halogens is 1. The average Bonchev–Trinajstić information content (AvgIpc) is 2.84. The summed E-state index contributed by atoms with van der Waals surface area (Å²) in [5.41, 5.74) is 2.43. The normalized spacial score (nSPS) is 11.5. The van der Waals surface area contributed by atoms with Gasteiger partial charge in [-0.15, -0.1) is 0 Å². The molecule has 1 atom stereocenters. The molecule has 2 aromatic carbocycles. The first-order valence-corrected chi connectivity index (χ1v) is 11.1. The summed E-state index contributed by atoms with van der Waals surface area (Å²) in [6, 6.07) is 15.6. The molecule has 7 nitrogen and oxygen atoms in total. The second-order valence-electron chi connectivity index (χ2n) is 7.73. The first kappa shape index (κ1) is 24.7. The molecular formula is C26H28FN3O4. The summed E-state index contributed by atoms with van der Waals surface area (Å²) >= 11 is 0. The van der Waals surface area contributed by atoms with Crippen LogP contribution in [0.15, 0.2) is 60.7 Å². The number of rotatable bonds is 11. The fourth-order valence-electron chi connectivity index (χ4n) is 3.49. The molecule has 0 aliphatic rings. The van der Waals surface area contributed by atoms with Crippen molar-refractivity contribution in [1.82, 2.24) is 10.3 Å². The van der Waals surface area contributed by atoms with Gasteiger partial charge in [0, 0.05) is 31.1 Å². The van der Waals surface area contributed by atoms with Crippen molar-refractivity contribution in [2.75, 3.05) is 19.0 Å². The van der Waals surface area contributed by atoms with Crippen molar-refractivity contribution >= 4 is 17.7 Å². The molecule has 0 aliphatic carbocycles. The van der Waals surface area contributed by atoms with Crippen LogP contribution in [-0.4, -0.2) is 41.7 Å². The average molecular weight is 466 g/mol. The molecule has 34 heavy (non-hydrogen) atoms. The minimum absolute atomic E-state index is 0.0822. The number of aryl methyl sites for hydroxylation is 1. The van der Waals surface area contributed by atoms with Gasteiger partial charge in [0.05, 0.1) is 6.61 Å². The van der Waals surface area contributed by atoms with Crippen molar-refractivity contribution in [1.29, 1.82) is 0 Å². The number of amides is 1. The summed E-state index contributed by atoms with van der Waals surface area (Å²) in [6.07, 6.45) is 1.25. The molecule has 0 saturated heterocycles. The first-order valence-electron chi connectivity index (χ1n) is 11.1. The van der Waals surface area contributed by atoms with Crippen molar-refractivity contribution in [3.8, 4) is 5.75 Å². The highest BCUT2D eigenvalue weighted by Crippen LogP contribution is 2.16. The molecule has 0 spiro atoms. The van der Waals surface area contributed by atoms with Gasteiger partial charge in [0.1, 0.15) is 23.4 Å². The van der Waals surface area contributed by atoms with Crippen LogP contribution in [0.25, 0.3) is 0 Å². The van der Waals surface area contributed by atoms with Gasteiger partial charge in [-0.05, 0) is 53.9 Å². The lowest BCUT2D eigenvalue weighted by atomic mass is 10.0. The van der Waals surface area contributed by atoms with Crippen LogP contribution in [0.4, 0.5) is 10.2 Å². The maximum Gasteiger partial charge on any atom is 0.326 e. The number of anilines is 1. The highest BCUT2D eigenvalue weighted by molar-refractivity contribution is 5.98. The Labute approximate surface area is 198 Å². The Morgan fingerprint density at radius 2 is 1.88 bits per heavy atom. The molecule has 3 N–H and O–H groups in total. The number of carbonyl (C=O) groups is 2. The Morgan fingerprint density at radius 3 is 2.56 bits per heavy atom. The predicted molar refractivity (Wildman–Crippen MR) is 128 cm³/mol. The van der Waals surface area contributed by atoms with Gasteiger partial charge in [0.25, 0.3) is 5.91 Å². The van der Waals surface area contributed by atoms with Gasteiger partial charge in [0.2, 0.25) is 0 Å². The molecule has 1 heterocycles. The van der Waals surface area contributed by atoms with Crippen LogP contribution in [0.3, 0.4) is 0 Å². The van der Waals surface area contributed by atoms with E-state index in [2.05, 4.69) is 15.6 Å². The lowest BCUT2D eigenvalue weighted by molar-refractivity contribution is -0.139. The van der Waals surface area contributed by atoms with Crippen molar-refractivity contribution in [3.63, 3.8) is 0 Å². The molecule has 0 aliphatic heterocycles. The van der Waals surface area contributed by atoms with Crippen molar-refractivity contribution in [2.45, 2.75) is 32.2 Å². The molecule has 3 aromatic rings. The summed E-state index contributed by atoms with van der Waals surface area (Å²) in [5.74, 6) is -0.878. The van der Waals surface area contributed by atoms with Gasteiger partial charge in [-0.3, -0.25) is 4.79 Å². The quantitative estimate of drug-likeness (QED) is 0.398. The number of nitrogens with one attached hydrogen (secondary N) is 2. The number of hydrogen-bond acceptors (Lipinski definition) is 5. The molecule has 0 unspecified atom stereocenters. The Balaban J connectivity index is 1.58. The van der Waals surface area contributed by atoms with Crippen molar-refractivity contribution < 1.29 is 23.8 Å². The van der Waals surface area contributed by atoms with E-state index in [0.29, 0.717) is 30.8 Å². The van der Waals surface area contributed by atoms with E-state index in [9.17, 15) is 19.1 Å². The number of ether oxygens (including phenoxy) is 1. The molecule has 1 aromatic heterocycles. The molecule has 0 radical (unpaired) electrons. The van der Waals surface area contributed by atoms with Gasteiger partial charge in [-0.1, -0.05) is 31.2 Å². The SMILES string of the molecule is CCc1ccc(F)cc1C(=O)N[C@@H](Cc1ccc(OCCc2cccc(NC)n2)cc1)C(=O)O. The van der Waals surface area contributed by atoms with E-state index in [0.717, 1.165) is 23.1 Å². The Bertz CT molecular complexity index is 1140. The molecule has 1 amide bonds. The van der Waals surface area contributed by atoms with Gasteiger partial charge in [0.15, 0.2) is 0 Å². The fourth-order valence-corrected chi connectivity index (χ4v) is 3.49. The molecular weight excluding hydrogens is 437 g/mol. The number of carboxylic acid groups (broad SMARTS) is 1. The van der Waals surface area contributed by atoms with E-state index in [4.69, 9.17) is 4.74 Å². The Morgan fingerprint density at radius 1 is 1.12 bits per heavy atom. The van der Waals surface area contributed by atoms with Crippen LogP contribution in [0.2, 0.25) is 0 Å². The van der Waals surface area contributed by atoms with Crippen LogP contribution in [-0.2, 0) is 24.1 Å². The summed E-state index contributed by atoms with van der Waals surface area (Å²) in [5, 5.41) is 15.1. The number of aliphatic carboxylic acids is 1. The lowest BCUT2D eigenvalue weighted by Crippen LogP contribution is -2.42. The molecule has 0 fully saturated rings. The highest BCUT2D eigenvalue weighted by atomic mass is 19.1. The standard InChI is InChI=1S/C26H28FN3O4/c1-3-18-9-10-19(27)16-22(18)25(31)30-23(26(32)33)15-17-7-11-21(12-8-17)34-14-13-20-5-4-6-24(28-2)29-20/h4-12,16,23H,3,13-15H2,1-2H3,(H,28,29)(H,30,31)(H,32,33)/t23-/m0/s1. The van der Waals surface area contributed by atoms with Crippen LogP contribution < -0.4 is 15.4 Å². The van der Waals surface area contributed by atoms with Crippen LogP contribution in [0.5, 0.6) is 5.75 Å². The predicted octanol–water partition coefficient (Wildman–Crippen LogP) is 3.87. The van der Waals surface area contributed by atoms with E-state index in [1.807, 2.05) is 32.2 Å². The van der Waals surface area contributed by atoms with Gasteiger partial charge in [-0.2, -0.15) is 0 Å². The van der Waals surface area contributed by atoms with Crippen molar-refractivity contribution in [3.05, 3.63) is 88.9 Å². The second-order valence-corrected chi connectivity index (χ2v) is 7.73. The van der Waals surface area contributed by atoms with E-state index in [1.54, 1.807) is 24.3 Å². The largest absolute Gasteiger partial charge is 0.493 e. The minimum Gasteiger partial charge on any atom is -0.493 e. The summed E-state index contributed by atoms with van der Waals surface area (Å²) in [7, 11) is 1.81. The zero-order valence-corrected chi connectivity index (χ0v) is 19.2. The van der Waals surface area contributed by atoms with Crippen LogP contribution in [0.1, 0.15) is 34.1 Å². The number of benzene rings is 2.